The fourth-order valence-corrected chi connectivity index (χ4v) is 2.97. The number of carbonyl (C=O) groups excluding carboxylic acids is 2. The SMILES string of the molecule is C=CCN1C(=O)c2cccc3c(OCC[N+](C)(C)C)ccc(c23)C1=O. The van der Waals surface area contributed by atoms with Crippen molar-refractivity contribution in [3.05, 3.63) is 54.1 Å². The Morgan fingerprint density at radius 3 is 2.40 bits per heavy atom. The van der Waals surface area contributed by atoms with Gasteiger partial charge in [-0.3, -0.25) is 14.5 Å². The number of hydrogen-bond donors (Lipinski definition) is 0. The molecule has 0 radical (unpaired) electrons. The molecule has 1 heterocycles. The summed E-state index contributed by atoms with van der Waals surface area (Å²) in [4.78, 5) is 26.6. The first-order chi connectivity index (χ1) is 11.8. The lowest BCUT2D eigenvalue weighted by molar-refractivity contribution is -0.870. The first-order valence-corrected chi connectivity index (χ1v) is 8.29. The van der Waals surface area contributed by atoms with Crippen LogP contribution in [0.25, 0.3) is 10.8 Å². The van der Waals surface area contributed by atoms with Crippen molar-refractivity contribution >= 4 is 22.6 Å². The Morgan fingerprint density at radius 2 is 1.76 bits per heavy atom. The predicted octanol–water partition coefficient (Wildman–Crippen LogP) is 2.71. The average Bonchev–Trinajstić information content (AvgIpc) is 2.56. The van der Waals surface area contributed by atoms with Crippen molar-refractivity contribution in [1.82, 2.24) is 4.90 Å². The Hall–Kier alpha value is -2.66. The van der Waals surface area contributed by atoms with Crippen LogP contribution in [0.15, 0.2) is 43.0 Å². The zero-order valence-corrected chi connectivity index (χ0v) is 14.9. The molecule has 0 fully saturated rings. The van der Waals surface area contributed by atoms with Gasteiger partial charge in [-0.15, -0.1) is 6.58 Å². The third kappa shape index (κ3) is 3.15. The van der Waals surface area contributed by atoms with E-state index in [2.05, 4.69) is 27.7 Å². The smallest absolute Gasteiger partial charge is 0.261 e. The van der Waals surface area contributed by atoms with Gasteiger partial charge in [0.1, 0.15) is 18.9 Å². The minimum Gasteiger partial charge on any atom is -0.487 e. The summed E-state index contributed by atoms with van der Waals surface area (Å²) in [5, 5.41) is 1.48. The first kappa shape index (κ1) is 17.2. The number of carbonyl (C=O) groups is 2. The molecule has 5 heteroatoms. The van der Waals surface area contributed by atoms with Crippen molar-refractivity contribution in [1.29, 1.82) is 0 Å². The maximum atomic E-state index is 12.7. The number of benzene rings is 2. The molecule has 0 saturated carbocycles. The van der Waals surface area contributed by atoms with E-state index in [1.807, 2.05) is 18.2 Å². The number of ether oxygens (including phenoxy) is 1. The van der Waals surface area contributed by atoms with Gasteiger partial charge in [0, 0.05) is 28.4 Å². The van der Waals surface area contributed by atoms with Crippen molar-refractivity contribution in [2.45, 2.75) is 0 Å². The Kier molecular flexibility index (Phi) is 4.35. The third-order valence-corrected chi connectivity index (χ3v) is 4.28. The highest BCUT2D eigenvalue weighted by molar-refractivity contribution is 6.26. The van der Waals surface area contributed by atoms with Crippen LogP contribution in [0.2, 0.25) is 0 Å². The fraction of sp³-hybridized carbons (Fsp3) is 0.300. The van der Waals surface area contributed by atoms with Gasteiger partial charge in [-0.25, -0.2) is 0 Å². The van der Waals surface area contributed by atoms with Crippen LogP contribution in [0, 0.1) is 0 Å². The van der Waals surface area contributed by atoms with Gasteiger partial charge in [0.05, 0.1) is 21.1 Å². The van der Waals surface area contributed by atoms with Gasteiger partial charge < -0.3 is 9.22 Å². The van der Waals surface area contributed by atoms with Gasteiger partial charge in [0.25, 0.3) is 11.8 Å². The molecule has 0 aliphatic carbocycles. The van der Waals surface area contributed by atoms with E-state index in [0.29, 0.717) is 28.9 Å². The highest BCUT2D eigenvalue weighted by Crippen LogP contribution is 2.35. The first-order valence-electron chi connectivity index (χ1n) is 8.29. The topological polar surface area (TPSA) is 46.6 Å². The molecule has 0 spiro atoms. The van der Waals surface area contributed by atoms with E-state index in [1.54, 1.807) is 18.2 Å². The summed E-state index contributed by atoms with van der Waals surface area (Å²) in [6.07, 6.45) is 1.56. The van der Waals surface area contributed by atoms with Crippen molar-refractivity contribution in [3.63, 3.8) is 0 Å². The number of likely N-dealkylation sites (N-methyl/N-ethyl adjacent to an activating group) is 1. The minimum atomic E-state index is -0.286. The zero-order valence-electron chi connectivity index (χ0n) is 14.9. The van der Waals surface area contributed by atoms with Gasteiger partial charge >= 0.3 is 0 Å². The van der Waals surface area contributed by atoms with Gasteiger partial charge in [-0.1, -0.05) is 18.2 Å². The summed E-state index contributed by atoms with van der Waals surface area (Å²) >= 11 is 0. The molecule has 0 aromatic heterocycles. The van der Waals surface area contributed by atoms with Gasteiger partial charge in [-0.2, -0.15) is 0 Å². The molecule has 5 nitrogen and oxygen atoms in total. The highest BCUT2D eigenvalue weighted by Gasteiger charge is 2.32. The monoisotopic (exact) mass is 339 g/mol. The molecule has 1 aliphatic rings. The number of rotatable bonds is 6. The summed E-state index contributed by atoms with van der Waals surface area (Å²) in [7, 11) is 6.31. The molecular weight excluding hydrogens is 316 g/mol. The quantitative estimate of drug-likeness (QED) is 0.462. The van der Waals surface area contributed by atoms with Crippen LogP contribution < -0.4 is 4.74 Å². The van der Waals surface area contributed by atoms with Crippen LogP contribution in [0.1, 0.15) is 20.7 Å². The van der Waals surface area contributed by atoms with Crippen molar-refractivity contribution in [2.75, 3.05) is 40.8 Å². The standard InChI is InChI=1S/C20H23N2O3/c1-5-11-21-19(23)15-8-6-7-14-17(25-13-12-22(2,3)4)10-9-16(18(14)15)20(21)24/h5-10H,1,11-13H2,2-4H3/q+1. The lowest BCUT2D eigenvalue weighted by Crippen LogP contribution is -2.40. The molecule has 1 aliphatic heterocycles. The molecule has 2 aromatic carbocycles. The molecule has 0 unspecified atom stereocenters. The zero-order chi connectivity index (χ0) is 18.2. The van der Waals surface area contributed by atoms with E-state index in [-0.39, 0.29) is 18.4 Å². The van der Waals surface area contributed by atoms with Gasteiger partial charge in [0.15, 0.2) is 0 Å². The van der Waals surface area contributed by atoms with E-state index >= 15 is 0 Å². The maximum absolute atomic E-state index is 12.7. The summed E-state index contributed by atoms with van der Waals surface area (Å²) < 4.78 is 6.75. The van der Waals surface area contributed by atoms with Crippen LogP contribution in [-0.2, 0) is 0 Å². The van der Waals surface area contributed by atoms with Crippen LogP contribution in [0.4, 0.5) is 0 Å². The Balaban J connectivity index is 2.04. The lowest BCUT2D eigenvalue weighted by Gasteiger charge is -2.27. The van der Waals surface area contributed by atoms with E-state index in [9.17, 15) is 9.59 Å². The summed E-state index contributed by atoms with van der Waals surface area (Å²) in [5.74, 6) is 0.129. The minimum absolute atomic E-state index is 0.204. The Morgan fingerprint density at radius 1 is 1.08 bits per heavy atom. The molecule has 0 bridgehead atoms. The number of nitrogens with zero attached hydrogens (tertiary/aromatic N) is 2. The lowest BCUT2D eigenvalue weighted by atomic mass is 9.93. The second-order valence-corrected chi connectivity index (χ2v) is 7.21. The fourth-order valence-electron chi connectivity index (χ4n) is 2.97. The number of imide groups is 1. The molecule has 0 N–H and O–H groups in total. The van der Waals surface area contributed by atoms with Crippen LogP contribution >= 0.6 is 0 Å². The van der Waals surface area contributed by atoms with E-state index in [4.69, 9.17) is 4.74 Å². The number of hydrogen-bond acceptors (Lipinski definition) is 3. The van der Waals surface area contributed by atoms with E-state index in [1.165, 1.54) is 4.90 Å². The van der Waals surface area contributed by atoms with Crippen molar-refractivity contribution in [2.24, 2.45) is 0 Å². The summed E-state index contributed by atoms with van der Waals surface area (Å²) in [6.45, 7) is 5.25. The predicted molar refractivity (Wildman–Crippen MR) is 97.9 cm³/mol. The Labute approximate surface area is 147 Å². The maximum Gasteiger partial charge on any atom is 0.261 e. The summed E-state index contributed by atoms with van der Waals surface area (Å²) in [6, 6.07) is 9.04. The van der Waals surface area contributed by atoms with Crippen molar-refractivity contribution < 1.29 is 18.8 Å². The molecular formula is C20H23N2O3+. The molecule has 0 atom stereocenters. The van der Waals surface area contributed by atoms with E-state index < -0.39 is 0 Å². The van der Waals surface area contributed by atoms with Crippen LogP contribution in [0.3, 0.4) is 0 Å². The highest BCUT2D eigenvalue weighted by atomic mass is 16.5. The van der Waals surface area contributed by atoms with Gasteiger partial charge in [0.2, 0.25) is 0 Å². The molecule has 2 aromatic rings. The molecule has 2 amide bonds. The molecule has 3 rings (SSSR count). The second kappa shape index (κ2) is 6.33. The third-order valence-electron chi connectivity index (χ3n) is 4.28. The van der Waals surface area contributed by atoms with Crippen LogP contribution in [-0.4, -0.2) is 62.0 Å². The molecule has 130 valence electrons. The number of quaternary nitrogens is 1. The second-order valence-electron chi connectivity index (χ2n) is 7.21. The van der Waals surface area contributed by atoms with E-state index in [0.717, 1.165) is 16.4 Å². The summed E-state index contributed by atoms with van der Waals surface area (Å²) in [5.41, 5.74) is 1.07. The number of amides is 2. The van der Waals surface area contributed by atoms with Crippen LogP contribution in [0.5, 0.6) is 5.75 Å². The molecule has 25 heavy (non-hydrogen) atoms. The molecule has 0 saturated heterocycles. The largest absolute Gasteiger partial charge is 0.487 e. The normalized spacial score (nSPS) is 14.1. The van der Waals surface area contributed by atoms with Gasteiger partial charge in [-0.05, 0) is 18.2 Å². The average molecular weight is 339 g/mol. The Bertz CT molecular complexity index is 843. The van der Waals surface area contributed by atoms with Crippen molar-refractivity contribution in [3.8, 4) is 5.75 Å².